The van der Waals surface area contributed by atoms with Crippen LogP contribution in [-0.2, 0) is 0 Å². The van der Waals surface area contributed by atoms with E-state index in [1.807, 2.05) is 0 Å². The van der Waals surface area contributed by atoms with Crippen molar-refractivity contribution in [2.45, 2.75) is 44.8 Å². The normalized spacial score (nSPS) is 16.4. The number of nitrogens with one attached hydrogen (secondary N) is 1. The summed E-state index contributed by atoms with van der Waals surface area (Å²) in [5.74, 6) is -0.0478. The lowest BCUT2D eigenvalue weighted by atomic mass is 10.2. The topological polar surface area (TPSA) is 61.8 Å². The van der Waals surface area contributed by atoms with Gasteiger partial charge in [0, 0.05) is 13.1 Å². The predicted molar refractivity (Wildman–Crippen MR) is 82.6 cm³/mol. The molecular formula is C16H23FN2O3. The molecule has 0 heterocycles. The van der Waals surface area contributed by atoms with Crippen molar-refractivity contribution in [3.63, 3.8) is 0 Å². The number of benzene rings is 1. The number of carbonyl (C=O) groups excluding carboxylic acids is 1. The van der Waals surface area contributed by atoms with Crippen molar-refractivity contribution < 1.29 is 19.0 Å². The Kier molecular flexibility index (Phi) is 5.60. The number of aliphatic hydroxyl groups is 1. The second-order valence-electron chi connectivity index (χ2n) is 5.74. The number of hydrogen-bond acceptors (Lipinski definition) is 3. The Bertz CT molecular complexity index is 518. The highest BCUT2D eigenvalue weighted by molar-refractivity contribution is 5.91. The van der Waals surface area contributed by atoms with Crippen LogP contribution in [0.15, 0.2) is 18.2 Å². The maximum absolute atomic E-state index is 13.5. The molecule has 1 aliphatic rings. The molecular weight excluding hydrogens is 287 g/mol. The standard InChI is InChI=1S/C16H23FN2O3/c1-11(10-20)19(2)16(21)18-14-8-7-12(17)9-15(14)22-13-5-3-4-6-13/h7-9,11,13,20H,3-6,10H2,1-2H3,(H,18,21). The van der Waals surface area contributed by atoms with Crippen molar-refractivity contribution in [3.8, 4) is 5.75 Å². The quantitative estimate of drug-likeness (QED) is 0.879. The molecule has 1 unspecified atom stereocenters. The zero-order chi connectivity index (χ0) is 16.1. The lowest BCUT2D eigenvalue weighted by Crippen LogP contribution is -2.40. The van der Waals surface area contributed by atoms with Gasteiger partial charge in [0.15, 0.2) is 0 Å². The number of halogens is 1. The monoisotopic (exact) mass is 310 g/mol. The highest BCUT2D eigenvalue weighted by atomic mass is 19.1. The maximum atomic E-state index is 13.5. The van der Waals surface area contributed by atoms with Gasteiger partial charge in [-0.05, 0) is 44.7 Å². The van der Waals surface area contributed by atoms with Crippen LogP contribution in [0.25, 0.3) is 0 Å². The first kappa shape index (κ1) is 16.5. The minimum absolute atomic E-state index is 0.0755. The SMILES string of the molecule is CC(CO)N(C)C(=O)Nc1ccc(F)cc1OC1CCCC1. The molecule has 2 N–H and O–H groups in total. The Morgan fingerprint density at radius 3 is 2.82 bits per heavy atom. The molecule has 1 saturated carbocycles. The first-order valence-electron chi connectivity index (χ1n) is 7.62. The molecule has 122 valence electrons. The molecule has 1 aromatic carbocycles. The first-order chi connectivity index (χ1) is 10.5. The molecule has 2 rings (SSSR count). The van der Waals surface area contributed by atoms with Crippen LogP contribution in [0.2, 0.25) is 0 Å². The maximum Gasteiger partial charge on any atom is 0.322 e. The van der Waals surface area contributed by atoms with Crippen molar-refractivity contribution in [2.24, 2.45) is 0 Å². The summed E-state index contributed by atoms with van der Waals surface area (Å²) < 4.78 is 19.3. The van der Waals surface area contributed by atoms with Gasteiger partial charge in [0.05, 0.1) is 24.4 Å². The van der Waals surface area contributed by atoms with E-state index in [1.54, 1.807) is 14.0 Å². The van der Waals surface area contributed by atoms with Crippen LogP contribution in [0.5, 0.6) is 5.75 Å². The van der Waals surface area contributed by atoms with E-state index in [-0.39, 0.29) is 24.8 Å². The molecule has 5 nitrogen and oxygen atoms in total. The Morgan fingerprint density at radius 1 is 1.50 bits per heavy atom. The average Bonchev–Trinajstić information content (AvgIpc) is 3.01. The fourth-order valence-corrected chi connectivity index (χ4v) is 2.41. The van der Waals surface area contributed by atoms with Crippen molar-refractivity contribution in [1.29, 1.82) is 0 Å². The van der Waals surface area contributed by atoms with Gasteiger partial charge in [0.2, 0.25) is 0 Å². The van der Waals surface area contributed by atoms with Gasteiger partial charge in [-0.1, -0.05) is 0 Å². The summed E-state index contributed by atoms with van der Waals surface area (Å²) in [7, 11) is 1.59. The molecule has 22 heavy (non-hydrogen) atoms. The van der Waals surface area contributed by atoms with E-state index in [2.05, 4.69) is 5.32 Å². The Hall–Kier alpha value is -1.82. The molecule has 1 fully saturated rings. The van der Waals surface area contributed by atoms with E-state index in [0.717, 1.165) is 25.7 Å². The second-order valence-corrected chi connectivity index (χ2v) is 5.74. The minimum Gasteiger partial charge on any atom is -0.488 e. The smallest absolute Gasteiger partial charge is 0.322 e. The van der Waals surface area contributed by atoms with Gasteiger partial charge in [0.1, 0.15) is 11.6 Å². The number of hydrogen-bond donors (Lipinski definition) is 2. The van der Waals surface area contributed by atoms with E-state index in [4.69, 9.17) is 9.84 Å². The summed E-state index contributed by atoms with van der Waals surface area (Å²) in [6, 6.07) is 3.40. The van der Waals surface area contributed by atoms with Crippen LogP contribution in [0.1, 0.15) is 32.6 Å². The van der Waals surface area contributed by atoms with Crippen LogP contribution in [0, 0.1) is 5.82 Å². The van der Waals surface area contributed by atoms with Gasteiger partial charge >= 0.3 is 6.03 Å². The molecule has 0 spiro atoms. The van der Waals surface area contributed by atoms with Gasteiger partial charge in [-0.15, -0.1) is 0 Å². The molecule has 0 aromatic heterocycles. The van der Waals surface area contributed by atoms with Gasteiger partial charge < -0.3 is 20.1 Å². The lowest BCUT2D eigenvalue weighted by molar-refractivity contribution is 0.166. The minimum atomic E-state index is -0.400. The van der Waals surface area contributed by atoms with Crippen LogP contribution in [0.3, 0.4) is 0 Å². The molecule has 0 bridgehead atoms. The molecule has 1 atom stereocenters. The van der Waals surface area contributed by atoms with Crippen LogP contribution in [-0.4, -0.2) is 41.8 Å². The third kappa shape index (κ3) is 4.10. The zero-order valence-corrected chi connectivity index (χ0v) is 13.0. The van der Waals surface area contributed by atoms with Crippen molar-refractivity contribution in [3.05, 3.63) is 24.0 Å². The summed E-state index contributed by atoms with van der Waals surface area (Å²) in [4.78, 5) is 13.5. The summed E-state index contributed by atoms with van der Waals surface area (Å²) in [5, 5.41) is 11.8. The Morgan fingerprint density at radius 2 is 2.18 bits per heavy atom. The molecule has 1 aromatic rings. The molecule has 1 aliphatic carbocycles. The van der Waals surface area contributed by atoms with E-state index in [1.165, 1.54) is 23.1 Å². The third-order valence-electron chi connectivity index (χ3n) is 4.03. The molecule has 0 saturated heterocycles. The number of nitrogens with zero attached hydrogens (tertiary/aromatic N) is 1. The lowest BCUT2D eigenvalue weighted by Gasteiger charge is -2.24. The van der Waals surface area contributed by atoms with Crippen molar-refractivity contribution in [1.82, 2.24) is 4.90 Å². The van der Waals surface area contributed by atoms with Crippen LogP contribution in [0.4, 0.5) is 14.9 Å². The highest BCUT2D eigenvalue weighted by Gasteiger charge is 2.20. The van der Waals surface area contributed by atoms with Crippen LogP contribution < -0.4 is 10.1 Å². The van der Waals surface area contributed by atoms with E-state index >= 15 is 0 Å². The van der Waals surface area contributed by atoms with E-state index in [0.29, 0.717) is 11.4 Å². The van der Waals surface area contributed by atoms with Crippen LogP contribution >= 0.6 is 0 Å². The fraction of sp³-hybridized carbons (Fsp3) is 0.562. The Labute approximate surface area is 130 Å². The number of aliphatic hydroxyl groups excluding tert-OH is 1. The van der Waals surface area contributed by atoms with Crippen molar-refractivity contribution in [2.75, 3.05) is 19.0 Å². The van der Waals surface area contributed by atoms with Gasteiger partial charge in [-0.2, -0.15) is 0 Å². The molecule has 6 heteroatoms. The number of urea groups is 1. The number of rotatable bonds is 5. The van der Waals surface area contributed by atoms with Gasteiger partial charge in [-0.25, -0.2) is 9.18 Å². The Balaban J connectivity index is 2.10. The number of anilines is 1. The zero-order valence-electron chi connectivity index (χ0n) is 13.0. The second kappa shape index (κ2) is 7.45. The van der Waals surface area contributed by atoms with Gasteiger partial charge in [0.25, 0.3) is 0 Å². The van der Waals surface area contributed by atoms with E-state index < -0.39 is 5.82 Å². The number of carbonyl (C=O) groups is 1. The molecule has 0 aliphatic heterocycles. The summed E-state index contributed by atoms with van der Waals surface area (Å²) >= 11 is 0. The number of amides is 2. The molecule has 0 radical (unpaired) electrons. The molecule has 2 amide bonds. The van der Waals surface area contributed by atoms with Gasteiger partial charge in [-0.3, -0.25) is 0 Å². The fourth-order valence-electron chi connectivity index (χ4n) is 2.41. The van der Waals surface area contributed by atoms with E-state index in [9.17, 15) is 9.18 Å². The number of ether oxygens (including phenoxy) is 1. The average molecular weight is 310 g/mol. The summed E-state index contributed by atoms with van der Waals surface area (Å²) in [5.41, 5.74) is 0.440. The predicted octanol–water partition coefficient (Wildman–Crippen LogP) is 2.99. The van der Waals surface area contributed by atoms with Crippen molar-refractivity contribution >= 4 is 11.7 Å². The first-order valence-corrected chi connectivity index (χ1v) is 7.62. The third-order valence-corrected chi connectivity index (χ3v) is 4.03. The highest BCUT2D eigenvalue weighted by Crippen LogP contribution is 2.30. The largest absolute Gasteiger partial charge is 0.488 e. The number of likely N-dealkylation sites (N-methyl/N-ethyl adjacent to an activating group) is 1. The summed E-state index contributed by atoms with van der Waals surface area (Å²) in [6.07, 6.45) is 4.19. The summed E-state index contributed by atoms with van der Waals surface area (Å²) in [6.45, 7) is 1.61.